The van der Waals surface area contributed by atoms with Gasteiger partial charge in [0.25, 0.3) is 0 Å². The van der Waals surface area contributed by atoms with Crippen LogP contribution in [0.15, 0.2) is 55.6 Å². The summed E-state index contributed by atoms with van der Waals surface area (Å²) >= 11 is 0. The van der Waals surface area contributed by atoms with Gasteiger partial charge in [0.05, 0.1) is 43.3 Å². The molecule has 246 valence electrons. The van der Waals surface area contributed by atoms with Crippen molar-refractivity contribution in [3.05, 3.63) is 61.2 Å². The zero-order valence-corrected chi connectivity index (χ0v) is 27.1. The molecule has 1 N–H and O–H groups in total. The normalized spacial score (nSPS) is 29.9. The SMILES string of the molecule is C=CCN(CCN1CCOCC1)C(=O)C1N([C@@H](CO)C(C)C)C(=O)[C@@H]2[C@@H](C(=O)N(CC=C)Cc3ccccc3)[C@@]3(C)CCC12O3. The molecular formula is C35H50N4O6. The van der Waals surface area contributed by atoms with Crippen molar-refractivity contribution in [2.45, 2.75) is 63.4 Å². The van der Waals surface area contributed by atoms with Gasteiger partial charge in [-0.3, -0.25) is 19.3 Å². The maximum absolute atomic E-state index is 14.8. The van der Waals surface area contributed by atoms with E-state index in [1.54, 1.807) is 26.9 Å². The Morgan fingerprint density at radius 3 is 2.36 bits per heavy atom. The average molecular weight is 623 g/mol. The van der Waals surface area contributed by atoms with Gasteiger partial charge < -0.3 is 29.3 Å². The lowest BCUT2D eigenvalue weighted by Crippen LogP contribution is -2.60. The first kappa shape index (κ1) is 33.3. The molecule has 45 heavy (non-hydrogen) atoms. The van der Waals surface area contributed by atoms with Crippen LogP contribution in [0.1, 0.15) is 39.2 Å². The summed E-state index contributed by atoms with van der Waals surface area (Å²) in [6.07, 6.45) is 4.44. The van der Waals surface area contributed by atoms with Crippen LogP contribution in [0.2, 0.25) is 0 Å². The molecule has 4 fully saturated rings. The molecule has 0 aliphatic carbocycles. The first-order valence-electron chi connectivity index (χ1n) is 16.4. The molecule has 4 heterocycles. The van der Waals surface area contributed by atoms with Gasteiger partial charge in [0.1, 0.15) is 11.6 Å². The third kappa shape index (κ3) is 6.10. The molecule has 1 aromatic carbocycles. The largest absolute Gasteiger partial charge is 0.394 e. The van der Waals surface area contributed by atoms with E-state index in [0.717, 1.165) is 18.7 Å². The fourth-order valence-corrected chi connectivity index (χ4v) is 8.09. The smallest absolute Gasteiger partial charge is 0.248 e. The third-order valence-electron chi connectivity index (χ3n) is 10.4. The van der Waals surface area contributed by atoms with Crippen molar-refractivity contribution >= 4 is 17.7 Å². The zero-order valence-electron chi connectivity index (χ0n) is 27.1. The predicted molar refractivity (Wildman–Crippen MR) is 171 cm³/mol. The lowest BCUT2D eigenvalue weighted by molar-refractivity contribution is -0.157. The van der Waals surface area contributed by atoms with Crippen molar-refractivity contribution in [2.75, 3.05) is 59.1 Å². The first-order chi connectivity index (χ1) is 21.6. The first-order valence-corrected chi connectivity index (χ1v) is 16.4. The zero-order chi connectivity index (χ0) is 32.4. The van der Waals surface area contributed by atoms with Gasteiger partial charge in [-0.25, -0.2) is 0 Å². The molecule has 2 unspecified atom stereocenters. The van der Waals surface area contributed by atoms with Crippen LogP contribution in [0.25, 0.3) is 0 Å². The predicted octanol–water partition coefficient (Wildman–Crippen LogP) is 2.33. The molecule has 0 radical (unpaired) electrons. The Morgan fingerprint density at radius 2 is 1.73 bits per heavy atom. The third-order valence-corrected chi connectivity index (χ3v) is 10.4. The van der Waals surface area contributed by atoms with E-state index in [1.807, 2.05) is 51.1 Å². The molecule has 4 saturated heterocycles. The highest BCUT2D eigenvalue weighted by Gasteiger charge is 2.79. The van der Waals surface area contributed by atoms with Gasteiger partial charge in [0, 0.05) is 45.8 Å². The van der Waals surface area contributed by atoms with E-state index < -0.39 is 35.1 Å². The molecule has 5 rings (SSSR count). The summed E-state index contributed by atoms with van der Waals surface area (Å²) in [5.41, 5.74) is -1.09. The Morgan fingerprint density at radius 1 is 1.07 bits per heavy atom. The van der Waals surface area contributed by atoms with Crippen LogP contribution in [0.5, 0.6) is 0 Å². The summed E-state index contributed by atoms with van der Waals surface area (Å²) in [5.74, 6) is -2.40. The van der Waals surface area contributed by atoms with Crippen LogP contribution in [-0.4, -0.2) is 125 Å². The topological polar surface area (TPSA) is 103 Å². The summed E-state index contributed by atoms with van der Waals surface area (Å²) in [6.45, 7) is 18.4. The summed E-state index contributed by atoms with van der Waals surface area (Å²) < 4.78 is 12.4. The molecule has 1 spiro atoms. The lowest BCUT2D eigenvalue weighted by Gasteiger charge is -2.41. The highest BCUT2D eigenvalue weighted by molar-refractivity contribution is 5.99. The summed E-state index contributed by atoms with van der Waals surface area (Å²) in [5, 5.41) is 10.6. The Labute approximate surface area is 267 Å². The molecular weight excluding hydrogens is 572 g/mol. The van der Waals surface area contributed by atoms with E-state index in [1.165, 1.54) is 0 Å². The number of likely N-dealkylation sites (tertiary alicyclic amines) is 1. The van der Waals surface area contributed by atoms with Crippen molar-refractivity contribution in [1.82, 2.24) is 19.6 Å². The summed E-state index contributed by atoms with van der Waals surface area (Å²) in [4.78, 5) is 51.4. The number of aliphatic hydroxyl groups excluding tert-OH is 1. The van der Waals surface area contributed by atoms with Crippen LogP contribution in [-0.2, 0) is 30.4 Å². The molecule has 6 atom stereocenters. The van der Waals surface area contributed by atoms with Gasteiger partial charge in [-0.15, -0.1) is 13.2 Å². The number of morpholine rings is 1. The quantitative estimate of drug-likeness (QED) is 0.318. The maximum Gasteiger partial charge on any atom is 0.248 e. The Balaban J connectivity index is 1.51. The lowest BCUT2D eigenvalue weighted by atomic mass is 9.66. The van der Waals surface area contributed by atoms with E-state index in [0.29, 0.717) is 58.8 Å². The van der Waals surface area contributed by atoms with Gasteiger partial charge >= 0.3 is 0 Å². The van der Waals surface area contributed by atoms with Gasteiger partial charge in [0.15, 0.2) is 0 Å². The molecule has 4 aliphatic rings. The van der Waals surface area contributed by atoms with Crippen LogP contribution in [0, 0.1) is 17.8 Å². The minimum atomic E-state index is -1.17. The highest BCUT2D eigenvalue weighted by atomic mass is 16.5. The number of rotatable bonds is 14. The van der Waals surface area contributed by atoms with Gasteiger partial charge in [-0.2, -0.15) is 0 Å². The van der Waals surface area contributed by atoms with Crippen LogP contribution in [0.3, 0.4) is 0 Å². The number of aliphatic hydroxyl groups is 1. The number of ether oxygens (including phenoxy) is 2. The fourth-order valence-electron chi connectivity index (χ4n) is 8.09. The number of hydrogen-bond donors (Lipinski definition) is 1. The van der Waals surface area contributed by atoms with E-state index in [9.17, 15) is 19.5 Å². The number of amides is 3. The second kappa shape index (κ2) is 13.7. The Hall–Kier alpha value is -3.05. The molecule has 0 saturated carbocycles. The van der Waals surface area contributed by atoms with E-state index in [-0.39, 0.29) is 30.2 Å². The molecule has 1 aromatic rings. The molecule has 4 aliphatic heterocycles. The van der Waals surface area contributed by atoms with E-state index in [2.05, 4.69) is 18.1 Å². The van der Waals surface area contributed by atoms with Gasteiger partial charge in [0.2, 0.25) is 17.7 Å². The number of hydrogen-bond acceptors (Lipinski definition) is 7. The van der Waals surface area contributed by atoms with Crippen LogP contribution < -0.4 is 0 Å². The fraction of sp³-hybridized carbons (Fsp3) is 0.629. The van der Waals surface area contributed by atoms with E-state index in [4.69, 9.17) is 9.47 Å². The molecule has 10 heteroatoms. The summed E-state index contributed by atoms with van der Waals surface area (Å²) in [7, 11) is 0. The minimum Gasteiger partial charge on any atom is -0.394 e. The van der Waals surface area contributed by atoms with Crippen molar-refractivity contribution in [1.29, 1.82) is 0 Å². The number of fused-ring (bicyclic) bond motifs is 1. The second-order valence-corrected chi connectivity index (χ2v) is 13.5. The van der Waals surface area contributed by atoms with Crippen LogP contribution in [0.4, 0.5) is 0 Å². The van der Waals surface area contributed by atoms with Crippen molar-refractivity contribution in [2.24, 2.45) is 17.8 Å². The number of carbonyl (C=O) groups excluding carboxylic acids is 3. The Bertz CT molecular complexity index is 1250. The van der Waals surface area contributed by atoms with Crippen molar-refractivity contribution < 1.29 is 29.0 Å². The van der Waals surface area contributed by atoms with Crippen molar-refractivity contribution in [3.63, 3.8) is 0 Å². The maximum atomic E-state index is 14.8. The van der Waals surface area contributed by atoms with Gasteiger partial charge in [-0.05, 0) is 31.2 Å². The van der Waals surface area contributed by atoms with E-state index >= 15 is 0 Å². The highest BCUT2D eigenvalue weighted by Crippen LogP contribution is 2.64. The van der Waals surface area contributed by atoms with Crippen LogP contribution >= 0.6 is 0 Å². The number of benzene rings is 1. The summed E-state index contributed by atoms with van der Waals surface area (Å²) in [6, 6.07) is 8.20. The molecule has 2 bridgehead atoms. The minimum absolute atomic E-state index is 0.122. The molecule has 3 amide bonds. The molecule has 0 aromatic heterocycles. The number of nitrogens with zero attached hydrogens (tertiary/aromatic N) is 4. The average Bonchev–Trinajstić information content (AvgIpc) is 3.60. The molecule has 10 nitrogen and oxygen atoms in total. The Kier molecular flexibility index (Phi) is 10.2. The monoisotopic (exact) mass is 622 g/mol. The van der Waals surface area contributed by atoms with Crippen molar-refractivity contribution in [3.8, 4) is 0 Å². The standard InChI is InChI=1S/C35H50N4O6/c1-6-15-37(18-17-36-19-21-44-22-20-36)33(43)30-35-14-13-34(5,45-35)28(29(35)32(42)39(30)27(24-40)25(3)4)31(41)38(16-7-2)23-26-11-9-8-10-12-26/h6-12,25,27-30,40H,1-2,13-24H2,3-5H3/t27-,28-,29-,30?,34+,35?/m0/s1. The second-order valence-electron chi connectivity index (χ2n) is 13.5. The number of carbonyl (C=O) groups is 3. The van der Waals surface area contributed by atoms with Gasteiger partial charge in [-0.1, -0.05) is 56.3 Å².